The van der Waals surface area contributed by atoms with Crippen molar-refractivity contribution < 1.29 is 19.2 Å². The fourth-order valence-electron chi connectivity index (χ4n) is 2.21. The fraction of sp³-hybridized carbons (Fsp3) is 0.467. The zero-order valence-corrected chi connectivity index (χ0v) is 12.3. The Hall–Kier alpha value is -1.92. The lowest BCUT2D eigenvalue weighted by atomic mass is 10.1. The lowest BCUT2D eigenvalue weighted by Gasteiger charge is -2.04. The summed E-state index contributed by atoms with van der Waals surface area (Å²) in [7, 11) is 0. The second-order valence-corrected chi connectivity index (χ2v) is 4.95. The number of fused-ring (bicyclic) bond motifs is 1. The van der Waals surface area contributed by atoms with Gasteiger partial charge in [0, 0.05) is 11.9 Å². The smallest absolute Gasteiger partial charge is 0.226 e. The molecule has 2 rings (SSSR count). The van der Waals surface area contributed by atoms with Crippen LogP contribution in [0.4, 0.5) is 0 Å². The topological polar surface area (TPSA) is 84.6 Å². The van der Waals surface area contributed by atoms with Gasteiger partial charge in [-0.25, -0.2) is 0 Å². The van der Waals surface area contributed by atoms with Crippen LogP contribution in [0, 0.1) is 13.8 Å². The van der Waals surface area contributed by atoms with E-state index in [-0.39, 0.29) is 25.5 Å². The third-order valence-electron chi connectivity index (χ3n) is 3.11. The van der Waals surface area contributed by atoms with Gasteiger partial charge >= 0.3 is 0 Å². The lowest BCUT2D eigenvalue weighted by molar-refractivity contribution is -0.120. The van der Waals surface area contributed by atoms with Crippen molar-refractivity contribution in [2.75, 3.05) is 26.4 Å². The first-order valence-corrected chi connectivity index (χ1v) is 6.92. The van der Waals surface area contributed by atoms with Gasteiger partial charge in [-0.15, -0.1) is 0 Å². The second kappa shape index (κ2) is 7.19. The van der Waals surface area contributed by atoms with Crippen molar-refractivity contribution in [1.82, 2.24) is 10.5 Å². The summed E-state index contributed by atoms with van der Waals surface area (Å²) in [4.78, 5) is 11.9. The van der Waals surface area contributed by atoms with Gasteiger partial charge in [0.15, 0.2) is 5.58 Å². The molecule has 1 aromatic heterocycles. The number of aromatic nitrogens is 1. The van der Waals surface area contributed by atoms with Crippen molar-refractivity contribution in [3.63, 3.8) is 0 Å². The zero-order valence-electron chi connectivity index (χ0n) is 12.3. The standard InChI is InChI=1S/C15H20N2O4/c1-10-7-11(2)15-12(8-10)13(17-21-15)9-14(19)16-3-5-20-6-4-18/h7-8,18H,3-6,9H2,1-2H3,(H,16,19). The molecule has 1 heterocycles. The van der Waals surface area contributed by atoms with Crippen LogP contribution in [0.25, 0.3) is 11.0 Å². The van der Waals surface area contributed by atoms with E-state index >= 15 is 0 Å². The SMILES string of the molecule is Cc1cc(C)c2onc(CC(=O)NCCOCCO)c2c1. The second-order valence-electron chi connectivity index (χ2n) is 4.95. The van der Waals surface area contributed by atoms with Gasteiger partial charge in [0.2, 0.25) is 5.91 Å². The van der Waals surface area contributed by atoms with Crippen molar-refractivity contribution in [2.24, 2.45) is 0 Å². The number of ether oxygens (including phenoxy) is 1. The average Bonchev–Trinajstić information content (AvgIpc) is 2.82. The number of aryl methyl sites for hydroxylation is 2. The van der Waals surface area contributed by atoms with Crippen molar-refractivity contribution in [3.05, 3.63) is 29.0 Å². The number of hydrogen-bond donors (Lipinski definition) is 2. The van der Waals surface area contributed by atoms with Gasteiger partial charge in [0.05, 0.1) is 26.2 Å². The quantitative estimate of drug-likeness (QED) is 0.747. The van der Waals surface area contributed by atoms with Crippen molar-refractivity contribution in [3.8, 4) is 0 Å². The first-order chi connectivity index (χ1) is 10.1. The normalized spacial score (nSPS) is 11.0. The number of hydrogen-bond acceptors (Lipinski definition) is 5. The first-order valence-electron chi connectivity index (χ1n) is 6.92. The Morgan fingerprint density at radius 2 is 2.19 bits per heavy atom. The van der Waals surface area contributed by atoms with Gasteiger partial charge in [-0.05, 0) is 31.0 Å². The number of aliphatic hydroxyl groups is 1. The van der Waals surface area contributed by atoms with Crippen molar-refractivity contribution in [1.29, 1.82) is 0 Å². The number of nitrogens with one attached hydrogen (secondary N) is 1. The highest BCUT2D eigenvalue weighted by Crippen LogP contribution is 2.23. The molecule has 0 saturated carbocycles. The molecule has 0 saturated heterocycles. The molecule has 0 spiro atoms. The monoisotopic (exact) mass is 292 g/mol. The Morgan fingerprint density at radius 3 is 2.95 bits per heavy atom. The third-order valence-corrected chi connectivity index (χ3v) is 3.11. The van der Waals surface area contributed by atoms with E-state index in [9.17, 15) is 4.79 Å². The number of carbonyl (C=O) groups is 1. The summed E-state index contributed by atoms with van der Waals surface area (Å²) >= 11 is 0. The number of carbonyl (C=O) groups excluding carboxylic acids is 1. The number of amides is 1. The van der Waals surface area contributed by atoms with Crippen LogP contribution in [0.2, 0.25) is 0 Å². The van der Waals surface area contributed by atoms with Gasteiger partial charge in [-0.3, -0.25) is 4.79 Å². The Balaban J connectivity index is 1.95. The van der Waals surface area contributed by atoms with Crippen LogP contribution in [0.5, 0.6) is 0 Å². The predicted molar refractivity (Wildman–Crippen MR) is 78.1 cm³/mol. The summed E-state index contributed by atoms with van der Waals surface area (Å²) in [5, 5.41) is 16.2. The molecule has 0 unspecified atom stereocenters. The Labute approximate surface area is 123 Å². The van der Waals surface area contributed by atoms with Crippen LogP contribution in [0.15, 0.2) is 16.7 Å². The largest absolute Gasteiger partial charge is 0.394 e. The average molecular weight is 292 g/mol. The molecule has 0 aliphatic heterocycles. The molecule has 21 heavy (non-hydrogen) atoms. The zero-order chi connectivity index (χ0) is 15.2. The third kappa shape index (κ3) is 4.03. The van der Waals surface area contributed by atoms with Crippen molar-refractivity contribution >= 4 is 16.9 Å². The van der Waals surface area contributed by atoms with Crippen LogP contribution in [0.1, 0.15) is 16.8 Å². The van der Waals surface area contributed by atoms with E-state index in [0.717, 1.165) is 22.1 Å². The molecule has 1 aromatic carbocycles. The molecule has 6 nitrogen and oxygen atoms in total. The van der Waals surface area contributed by atoms with E-state index in [1.165, 1.54) is 0 Å². The van der Waals surface area contributed by atoms with Gasteiger partial charge < -0.3 is 19.7 Å². The summed E-state index contributed by atoms with van der Waals surface area (Å²) < 4.78 is 10.4. The van der Waals surface area contributed by atoms with E-state index in [1.54, 1.807) is 0 Å². The van der Waals surface area contributed by atoms with Crippen LogP contribution in [0.3, 0.4) is 0 Å². The minimum absolute atomic E-state index is 0.0163. The van der Waals surface area contributed by atoms with Gasteiger partial charge in [0.1, 0.15) is 5.69 Å². The van der Waals surface area contributed by atoms with Crippen molar-refractivity contribution in [2.45, 2.75) is 20.3 Å². The molecule has 0 radical (unpaired) electrons. The Kier molecular flexibility index (Phi) is 5.30. The molecule has 6 heteroatoms. The highest BCUT2D eigenvalue weighted by atomic mass is 16.5. The summed E-state index contributed by atoms with van der Waals surface area (Å²) in [5.41, 5.74) is 3.50. The molecule has 0 bridgehead atoms. The molecule has 1 amide bonds. The molecule has 2 aromatic rings. The van der Waals surface area contributed by atoms with E-state index in [2.05, 4.69) is 10.5 Å². The Morgan fingerprint density at radius 1 is 1.38 bits per heavy atom. The van der Waals surface area contributed by atoms with E-state index < -0.39 is 0 Å². The fourth-order valence-corrected chi connectivity index (χ4v) is 2.21. The van der Waals surface area contributed by atoms with Crippen LogP contribution in [-0.4, -0.2) is 42.5 Å². The number of aliphatic hydroxyl groups excluding tert-OH is 1. The van der Waals surface area contributed by atoms with E-state index in [1.807, 2.05) is 26.0 Å². The van der Waals surface area contributed by atoms with Gasteiger partial charge in [-0.1, -0.05) is 11.2 Å². The molecular weight excluding hydrogens is 272 g/mol. The summed E-state index contributed by atoms with van der Waals surface area (Å²) in [6.45, 7) is 5.02. The molecule has 2 N–H and O–H groups in total. The summed E-state index contributed by atoms with van der Waals surface area (Å²) in [6.07, 6.45) is 0.176. The molecule has 0 fully saturated rings. The summed E-state index contributed by atoms with van der Waals surface area (Å²) in [5.74, 6) is -0.128. The van der Waals surface area contributed by atoms with Crippen LogP contribution < -0.4 is 5.32 Å². The minimum Gasteiger partial charge on any atom is -0.394 e. The minimum atomic E-state index is -0.128. The highest BCUT2D eigenvalue weighted by Gasteiger charge is 2.14. The number of nitrogens with zero attached hydrogens (tertiary/aromatic N) is 1. The number of benzene rings is 1. The summed E-state index contributed by atoms with van der Waals surface area (Å²) in [6, 6.07) is 4.00. The van der Waals surface area contributed by atoms with Gasteiger partial charge in [-0.2, -0.15) is 0 Å². The molecular formula is C15H20N2O4. The van der Waals surface area contributed by atoms with E-state index in [0.29, 0.717) is 18.8 Å². The predicted octanol–water partition coefficient (Wildman–Crippen LogP) is 1.11. The Bertz CT molecular complexity index is 621. The molecule has 0 atom stereocenters. The van der Waals surface area contributed by atoms with Crippen LogP contribution in [-0.2, 0) is 16.0 Å². The highest BCUT2D eigenvalue weighted by molar-refractivity contribution is 5.88. The first kappa shape index (κ1) is 15.5. The van der Waals surface area contributed by atoms with Gasteiger partial charge in [0.25, 0.3) is 0 Å². The molecule has 0 aliphatic carbocycles. The maximum Gasteiger partial charge on any atom is 0.226 e. The molecule has 0 aliphatic rings. The number of rotatable bonds is 7. The maximum atomic E-state index is 11.9. The lowest BCUT2D eigenvalue weighted by Crippen LogP contribution is -2.29. The maximum absolute atomic E-state index is 11.9. The van der Waals surface area contributed by atoms with E-state index in [4.69, 9.17) is 14.4 Å². The van der Waals surface area contributed by atoms with Crippen LogP contribution >= 0.6 is 0 Å². The molecule has 114 valence electrons.